The van der Waals surface area contributed by atoms with E-state index in [1.54, 1.807) is 11.8 Å². The van der Waals surface area contributed by atoms with Crippen LogP contribution >= 0.6 is 0 Å². The number of hydrogen-bond acceptors (Lipinski definition) is 4. The van der Waals surface area contributed by atoms with E-state index < -0.39 is 0 Å². The van der Waals surface area contributed by atoms with Crippen molar-refractivity contribution >= 4 is 5.82 Å². The van der Waals surface area contributed by atoms with E-state index in [1.165, 1.54) is 0 Å². The van der Waals surface area contributed by atoms with Crippen molar-refractivity contribution in [1.29, 1.82) is 0 Å². The molecule has 1 aromatic rings. The van der Waals surface area contributed by atoms with Crippen LogP contribution in [0.1, 0.15) is 13.3 Å². The Kier molecular flexibility index (Phi) is 3.89. The molecule has 1 aliphatic rings. The van der Waals surface area contributed by atoms with Crippen LogP contribution < -0.4 is 15.0 Å². The molecule has 0 amide bonds. The minimum atomic E-state index is 0.642. The molecule has 5 heteroatoms. The minimum Gasteiger partial charge on any atom is -0.481 e. The highest BCUT2D eigenvalue weighted by molar-refractivity contribution is 5.42. The number of methoxy groups -OCH3 is 1. The number of aromatic nitrogens is 2. The second-order valence-electron chi connectivity index (χ2n) is 4.78. The van der Waals surface area contributed by atoms with Crippen LogP contribution in [-0.2, 0) is 7.05 Å². The van der Waals surface area contributed by atoms with Crippen molar-refractivity contribution in [3.8, 4) is 5.88 Å². The second-order valence-corrected chi connectivity index (χ2v) is 4.78. The summed E-state index contributed by atoms with van der Waals surface area (Å²) in [6.45, 7) is 6.54. The zero-order valence-corrected chi connectivity index (χ0v) is 10.9. The van der Waals surface area contributed by atoms with E-state index in [9.17, 15) is 0 Å². The Bertz CT molecular complexity index is 363. The van der Waals surface area contributed by atoms with Crippen molar-refractivity contribution in [2.75, 3.05) is 38.2 Å². The van der Waals surface area contributed by atoms with Crippen LogP contribution in [0.3, 0.4) is 0 Å². The van der Waals surface area contributed by atoms with E-state index in [0.29, 0.717) is 5.92 Å². The molecule has 1 atom stereocenters. The predicted octanol–water partition coefficient (Wildman–Crippen LogP) is 0.864. The van der Waals surface area contributed by atoms with Gasteiger partial charge in [-0.2, -0.15) is 5.10 Å². The maximum Gasteiger partial charge on any atom is 0.213 e. The summed E-state index contributed by atoms with van der Waals surface area (Å²) in [6, 6.07) is 2.02. The van der Waals surface area contributed by atoms with Crippen LogP contribution in [-0.4, -0.2) is 43.1 Å². The van der Waals surface area contributed by atoms with Crippen LogP contribution in [0.5, 0.6) is 5.88 Å². The predicted molar refractivity (Wildman–Crippen MR) is 68.6 cm³/mol. The maximum atomic E-state index is 5.26. The molecule has 1 fully saturated rings. The second kappa shape index (κ2) is 5.40. The van der Waals surface area contributed by atoms with Gasteiger partial charge in [0.25, 0.3) is 0 Å². The normalized spacial score (nSPS) is 22.1. The van der Waals surface area contributed by atoms with Gasteiger partial charge in [-0.05, 0) is 25.4 Å². The molecule has 5 nitrogen and oxygen atoms in total. The standard InChI is InChI=1S/C12H22N4O/c1-10-8-13-5-4-6-16(9-10)11-7-12(17-3)15(2)14-11/h7,10,13H,4-6,8-9H2,1-3H3. The molecule has 2 heterocycles. The molecule has 1 unspecified atom stereocenters. The van der Waals surface area contributed by atoms with Crippen molar-refractivity contribution in [3.05, 3.63) is 6.07 Å². The van der Waals surface area contributed by atoms with Crippen molar-refractivity contribution in [3.63, 3.8) is 0 Å². The quantitative estimate of drug-likeness (QED) is 0.830. The van der Waals surface area contributed by atoms with Crippen molar-refractivity contribution < 1.29 is 4.74 Å². The Morgan fingerprint density at radius 3 is 3.06 bits per heavy atom. The van der Waals surface area contributed by atoms with E-state index in [1.807, 2.05) is 13.1 Å². The summed E-state index contributed by atoms with van der Waals surface area (Å²) in [5, 5.41) is 7.97. The highest BCUT2D eigenvalue weighted by atomic mass is 16.5. The lowest BCUT2D eigenvalue weighted by Crippen LogP contribution is -2.39. The van der Waals surface area contributed by atoms with Crippen LogP contribution in [0.15, 0.2) is 6.07 Å². The largest absolute Gasteiger partial charge is 0.481 e. The number of aryl methyl sites for hydroxylation is 1. The zero-order chi connectivity index (χ0) is 12.3. The fraction of sp³-hybridized carbons (Fsp3) is 0.750. The lowest BCUT2D eigenvalue weighted by atomic mass is 10.1. The summed E-state index contributed by atoms with van der Waals surface area (Å²) in [4.78, 5) is 2.36. The molecule has 0 spiro atoms. The molecule has 0 saturated carbocycles. The lowest BCUT2D eigenvalue weighted by Gasteiger charge is -2.28. The van der Waals surface area contributed by atoms with E-state index in [0.717, 1.165) is 44.3 Å². The number of nitrogens with zero attached hydrogens (tertiary/aromatic N) is 3. The van der Waals surface area contributed by atoms with Gasteiger partial charge in [0, 0.05) is 26.2 Å². The molecule has 2 rings (SSSR count). The summed E-state index contributed by atoms with van der Waals surface area (Å²) < 4.78 is 7.05. The Morgan fingerprint density at radius 1 is 1.53 bits per heavy atom. The average molecular weight is 238 g/mol. The number of nitrogens with one attached hydrogen (secondary N) is 1. The summed E-state index contributed by atoms with van der Waals surface area (Å²) >= 11 is 0. The Hall–Kier alpha value is -1.23. The van der Waals surface area contributed by atoms with Gasteiger partial charge in [-0.3, -0.25) is 0 Å². The van der Waals surface area contributed by atoms with Crippen molar-refractivity contribution in [2.45, 2.75) is 13.3 Å². The first kappa shape index (κ1) is 12.2. The average Bonchev–Trinajstić information content (AvgIpc) is 2.64. The van der Waals surface area contributed by atoms with Crippen molar-refractivity contribution in [2.24, 2.45) is 13.0 Å². The number of anilines is 1. The monoisotopic (exact) mass is 238 g/mol. The number of hydrogen-bond donors (Lipinski definition) is 1. The van der Waals surface area contributed by atoms with Gasteiger partial charge in [0.05, 0.1) is 7.11 Å². The molecule has 0 bridgehead atoms. The third-order valence-electron chi connectivity index (χ3n) is 3.16. The van der Waals surface area contributed by atoms with Gasteiger partial charge in [0.15, 0.2) is 5.82 Å². The lowest BCUT2D eigenvalue weighted by molar-refractivity contribution is 0.373. The zero-order valence-electron chi connectivity index (χ0n) is 10.9. The third-order valence-corrected chi connectivity index (χ3v) is 3.16. The molecule has 96 valence electrons. The molecule has 1 N–H and O–H groups in total. The van der Waals surface area contributed by atoms with Crippen LogP contribution in [0.25, 0.3) is 0 Å². The molecule has 1 aromatic heterocycles. The highest BCUT2D eigenvalue weighted by Crippen LogP contribution is 2.21. The van der Waals surface area contributed by atoms with Crippen LogP contribution in [0, 0.1) is 5.92 Å². The fourth-order valence-corrected chi connectivity index (χ4v) is 2.26. The minimum absolute atomic E-state index is 0.642. The summed E-state index contributed by atoms with van der Waals surface area (Å²) in [7, 11) is 3.60. The maximum absolute atomic E-state index is 5.26. The molecule has 0 radical (unpaired) electrons. The molecule has 0 aliphatic carbocycles. The van der Waals surface area contributed by atoms with Gasteiger partial charge in [-0.15, -0.1) is 0 Å². The van der Waals surface area contributed by atoms with Crippen LogP contribution in [0.2, 0.25) is 0 Å². The third kappa shape index (κ3) is 2.91. The SMILES string of the molecule is COc1cc(N2CCCNCC(C)C2)nn1C. The molecule has 1 saturated heterocycles. The van der Waals surface area contributed by atoms with Gasteiger partial charge in [0.1, 0.15) is 0 Å². The molecular formula is C12H22N4O. The summed E-state index contributed by atoms with van der Waals surface area (Å²) in [5.74, 6) is 2.48. The molecule has 1 aliphatic heterocycles. The van der Waals surface area contributed by atoms with Gasteiger partial charge in [-0.25, -0.2) is 4.68 Å². The van der Waals surface area contributed by atoms with Crippen molar-refractivity contribution in [1.82, 2.24) is 15.1 Å². The Balaban J connectivity index is 2.12. The first-order valence-corrected chi connectivity index (χ1v) is 6.24. The van der Waals surface area contributed by atoms with E-state index in [-0.39, 0.29) is 0 Å². The highest BCUT2D eigenvalue weighted by Gasteiger charge is 2.17. The van der Waals surface area contributed by atoms with Gasteiger partial charge >= 0.3 is 0 Å². The van der Waals surface area contributed by atoms with Gasteiger partial charge in [0.2, 0.25) is 5.88 Å². The fourth-order valence-electron chi connectivity index (χ4n) is 2.26. The van der Waals surface area contributed by atoms with E-state index >= 15 is 0 Å². The Labute approximate surface area is 103 Å². The number of rotatable bonds is 2. The van der Waals surface area contributed by atoms with Crippen LogP contribution in [0.4, 0.5) is 5.82 Å². The topological polar surface area (TPSA) is 42.3 Å². The van der Waals surface area contributed by atoms with E-state index in [2.05, 4.69) is 22.2 Å². The first-order chi connectivity index (χ1) is 8.20. The number of ether oxygens (including phenoxy) is 1. The van der Waals surface area contributed by atoms with Gasteiger partial charge < -0.3 is 15.0 Å². The van der Waals surface area contributed by atoms with Gasteiger partial charge in [-0.1, -0.05) is 6.92 Å². The first-order valence-electron chi connectivity index (χ1n) is 6.24. The molecule has 17 heavy (non-hydrogen) atoms. The summed E-state index contributed by atoms with van der Waals surface area (Å²) in [5.41, 5.74) is 0. The summed E-state index contributed by atoms with van der Waals surface area (Å²) in [6.07, 6.45) is 1.16. The van der Waals surface area contributed by atoms with E-state index in [4.69, 9.17) is 4.74 Å². The molecule has 0 aromatic carbocycles. The Morgan fingerprint density at radius 2 is 2.35 bits per heavy atom. The smallest absolute Gasteiger partial charge is 0.213 e. The molecular weight excluding hydrogens is 216 g/mol.